The lowest BCUT2D eigenvalue weighted by Gasteiger charge is -2.51. The van der Waals surface area contributed by atoms with Gasteiger partial charge in [0.05, 0.1) is 45.2 Å². The van der Waals surface area contributed by atoms with E-state index in [1.807, 2.05) is 104 Å². The van der Waals surface area contributed by atoms with E-state index in [0.717, 1.165) is 48.8 Å². The molecular weight excluding hydrogens is 965 g/mol. The van der Waals surface area contributed by atoms with E-state index in [-0.39, 0.29) is 51.3 Å². The molecule has 14 atom stereocenters. The molecule has 4 aromatic carbocycles. The minimum absolute atomic E-state index is 0.131. The third kappa shape index (κ3) is 17.4. The number of amides is 2. The number of carbonyl (C=O) groups is 3. The van der Waals surface area contributed by atoms with Crippen molar-refractivity contribution in [2.75, 3.05) is 20.3 Å². The van der Waals surface area contributed by atoms with Crippen LogP contribution in [0.4, 0.5) is 0 Å². The topological polar surface area (TPSA) is 208 Å². The van der Waals surface area contributed by atoms with Gasteiger partial charge >= 0.3 is 5.97 Å². The van der Waals surface area contributed by atoms with Crippen molar-refractivity contribution in [2.24, 2.45) is 0 Å². The predicted octanol–water partition coefficient (Wildman–Crippen LogP) is 6.69. The molecule has 75 heavy (non-hydrogen) atoms. The number of esters is 1. The summed E-state index contributed by atoms with van der Waals surface area (Å²) in [5.74, 6) is -1.04. The molecule has 17 heteroatoms. The van der Waals surface area contributed by atoms with Crippen LogP contribution in [-0.4, -0.2) is 134 Å². The summed E-state index contributed by atoms with van der Waals surface area (Å²) in [6.07, 6.45) is -8.25. The summed E-state index contributed by atoms with van der Waals surface area (Å²) in [7, 11) is 1.39. The third-order valence-corrected chi connectivity index (χ3v) is 13.6. The minimum Gasteiger partial charge on any atom is -0.469 e. The number of hydrogen-bond donors (Lipinski definition) is 4. The van der Waals surface area contributed by atoms with E-state index >= 15 is 0 Å². The Hall–Kier alpha value is -5.15. The van der Waals surface area contributed by atoms with Crippen LogP contribution in [0.15, 0.2) is 121 Å². The normalized spacial score (nSPS) is 28.8. The highest BCUT2D eigenvalue weighted by Crippen LogP contribution is 2.37. The van der Waals surface area contributed by atoms with E-state index in [9.17, 15) is 24.6 Å². The molecule has 3 fully saturated rings. The smallest absolute Gasteiger partial charge is 0.305 e. The van der Waals surface area contributed by atoms with Crippen LogP contribution >= 0.6 is 0 Å². The van der Waals surface area contributed by atoms with Crippen LogP contribution in [-0.2, 0) is 76.8 Å². The number of ether oxygens (including phenoxy) is 10. The molecule has 0 saturated carbocycles. The van der Waals surface area contributed by atoms with E-state index in [4.69, 9.17) is 47.4 Å². The van der Waals surface area contributed by atoms with Crippen LogP contribution in [0, 0.1) is 0 Å². The first-order valence-corrected chi connectivity index (χ1v) is 26.4. The largest absolute Gasteiger partial charge is 0.469 e. The quantitative estimate of drug-likeness (QED) is 0.0362. The van der Waals surface area contributed by atoms with Gasteiger partial charge in [0, 0.05) is 38.5 Å². The molecule has 0 unspecified atom stereocenters. The summed E-state index contributed by atoms with van der Waals surface area (Å²) >= 11 is 0. The van der Waals surface area contributed by atoms with Gasteiger partial charge in [0.2, 0.25) is 5.91 Å². The summed E-state index contributed by atoms with van der Waals surface area (Å²) in [4.78, 5) is 38.8. The maximum atomic E-state index is 13.7. The van der Waals surface area contributed by atoms with E-state index in [1.165, 1.54) is 14.0 Å². The Morgan fingerprint density at radius 2 is 1.12 bits per heavy atom. The number of aliphatic hydroxyl groups is 2. The fourth-order valence-electron chi connectivity index (χ4n) is 9.62. The maximum Gasteiger partial charge on any atom is 0.305 e. The molecule has 4 N–H and O–H groups in total. The predicted molar refractivity (Wildman–Crippen MR) is 275 cm³/mol. The van der Waals surface area contributed by atoms with E-state index in [1.54, 1.807) is 31.2 Å². The van der Waals surface area contributed by atoms with Gasteiger partial charge < -0.3 is 68.2 Å². The van der Waals surface area contributed by atoms with Crippen LogP contribution in [0.5, 0.6) is 0 Å². The highest BCUT2D eigenvalue weighted by atomic mass is 16.8. The van der Waals surface area contributed by atoms with Crippen molar-refractivity contribution in [1.29, 1.82) is 0 Å². The fraction of sp³-hybridized carbons (Fsp3) is 0.534. The Kier molecular flexibility index (Phi) is 23.0. The van der Waals surface area contributed by atoms with Crippen LogP contribution in [0.3, 0.4) is 0 Å². The van der Waals surface area contributed by atoms with Gasteiger partial charge in [-0.15, -0.1) is 0 Å². The Morgan fingerprint density at radius 1 is 0.587 bits per heavy atom. The zero-order valence-electron chi connectivity index (χ0n) is 43.5. The Labute approximate surface area is 440 Å². The van der Waals surface area contributed by atoms with Gasteiger partial charge in [-0.05, 0) is 55.5 Å². The van der Waals surface area contributed by atoms with Gasteiger partial charge in [-0.2, -0.15) is 0 Å². The van der Waals surface area contributed by atoms with Crippen LogP contribution in [0.2, 0.25) is 0 Å². The number of rotatable bonds is 27. The molecule has 3 aliphatic heterocycles. The molecule has 4 aromatic rings. The lowest BCUT2D eigenvalue weighted by Crippen LogP contribution is -2.70. The second-order valence-electron chi connectivity index (χ2n) is 19.5. The van der Waals surface area contributed by atoms with Gasteiger partial charge in [-0.3, -0.25) is 14.4 Å². The van der Waals surface area contributed by atoms with Gasteiger partial charge in [0.1, 0.15) is 48.8 Å². The first-order valence-electron chi connectivity index (χ1n) is 26.4. The Balaban J connectivity index is 1.24. The lowest BCUT2D eigenvalue weighted by molar-refractivity contribution is -0.371. The molecule has 0 radical (unpaired) electrons. The van der Waals surface area contributed by atoms with Gasteiger partial charge in [-0.1, -0.05) is 135 Å². The second-order valence-corrected chi connectivity index (χ2v) is 19.5. The van der Waals surface area contributed by atoms with Crippen molar-refractivity contribution in [3.05, 3.63) is 144 Å². The van der Waals surface area contributed by atoms with E-state index < -0.39 is 91.9 Å². The van der Waals surface area contributed by atoms with Crippen molar-refractivity contribution in [3.63, 3.8) is 0 Å². The van der Waals surface area contributed by atoms with E-state index in [0.29, 0.717) is 18.4 Å². The maximum absolute atomic E-state index is 13.7. The van der Waals surface area contributed by atoms with Crippen LogP contribution in [0.1, 0.15) is 99.2 Å². The number of benzene rings is 4. The standard InChI is InChI=1S/C58H76N2O15/c1-38-33-45(62)49(64)57(71-38)74-51-46(34-59-55(65)44-29-19-12-20-30-44)73-56(67-32-22-8-6-5-7-21-31-47(63)66-4)48(60-40(3)61)52(51)75-58-54(70-37-43-27-17-11-18-28-43)53(69-36-42-25-15-10-16-26-42)50(39(2)72-58)68-35-41-23-13-9-14-24-41/h9-20,23-30,38-39,45-46,48-54,56-58,62,64H,5-8,21-22,31-37H2,1-4H3,(H,59,65)(H,60,61)/t38-,39+,45+,46-,48-,49-,50-,51-,52-,53-,54+,56-,57+,58+/m1/s1. The summed E-state index contributed by atoms with van der Waals surface area (Å²) in [6, 6.07) is 36.9. The highest BCUT2D eigenvalue weighted by Gasteiger charge is 2.55. The van der Waals surface area contributed by atoms with Crippen molar-refractivity contribution < 1.29 is 72.0 Å². The molecular formula is C58H76N2O15. The van der Waals surface area contributed by atoms with Crippen molar-refractivity contribution in [3.8, 4) is 0 Å². The first-order chi connectivity index (χ1) is 36.5. The SMILES string of the molecule is COC(=O)CCCCCCCCO[C@@H]1O[C@H](CNC(=O)c2ccccc2)[C@@H](O[C@@H]2O[C@H](C)C[C@H](O)[C@H]2O)[C@H](O[C@@H]2O[C@@H](C)[C@@H](OCc3ccccc3)[C@@H](OCc3ccccc3)[C@@H]2OCc2ccccc2)[C@H]1NC(C)=O. The van der Waals surface area contributed by atoms with Gasteiger partial charge in [0.15, 0.2) is 18.9 Å². The molecule has 0 spiro atoms. The highest BCUT2D eigenvalue weighted by molar-refractivity contribution is 5.94. The first kappa shape index (κ1) is 57.6. The molecule has 17 nitrogen and oxygen atoms in total. The van der Waals surface area contributed by atoms with Gasteiger partial charge in [0.25, 0.3) is 5.91 Å². The summed E-state index contributed by atoms with van der Waals surface area (Å²) in [5, 5.41) is 28.5. The number of unbranched alkanes of at least 4 members (excludes halogenated alkanes) is 5. The zero-order valence-corrected chi connectivity index (χ0v) is 43.5. The molecule has 0 bridgehead atoms. The summed E-state index contributed by atoms with van der Waals surface area (Å²) < 4.78 is 65.8. The van der Waals surface area contributed by atoms with Crippen LogP contribution < -0.4 is 10.6 Å². The fourth-order valence-corrected chi connectivity index (χ4v) is 9.62. The molecule has 2 amide bonds. The molecule has 408 valence electrons. The number of carbonyl (C=O) groups excluding carboxylic acids is 3. The molecule has 3 saturated heterocycles. The van der Waals surface area contributed by atoms with Crippen molar-refractivity contribution >= 4 is 17.8 Å². The third-order valence-electron chi connectivity index (χ3n) is 13.6. The molecule has 3 aliphatic rings. The average molecular weight is 1040 g/mol. The lowest BCUT2D eigenvalue weighted by atomic mass is 9.94. The zero-order chi connectivity index (χ0) is 52.9. The van der Waals surface area contributed by atoms with Crippen molar-refractivity contribution in [1.82, 2.24) is 10.6 Å². The number of methoxy groups -OCH3 is 1. The second kappa shape index (κ2) is 30.0. The molecule has 7 rings (SSSR count). The van der Waals surface area contributed by atoms with Crippen LogP contribution in [0.25, 0.3) is 0 Å². The number of nitrogens with one attached hydrogen (secondary N) is 2. The molecule has 0 aliphatic carbocycles. The monoisotopic (exact) mass is 1040 g/mol. The molecule has 3 heterocycles. The Morgan fingerprint density at radius 3 is 1.71 bits per heavy atom. The molecule has 0 aromatic heterocycles. The average Bonchev–Trinajstić information content (AvgIpc) is 3.42. The van der Waals surface area contributed by atoms with Gasteiger partial charge in [-0.25, -0.2) is 0 Å². The summed E-state index contributed by atoms with van der Waals surface area (Å²) in [6.45, 7) is 5.67. The summed E-state index contributed by atoms with van der Waals surface area (Å²) in [5.41, 5.74) is 3.15. The van der Waals surface area contributed by atoms with Crippen molar-refractivity contribution in [2.45, 2.75) is 178 Å². The van der Waals surface area contributed by atoms with E-state index in [2.05, 4.69) is 10.6 Å². The minimum atomic E-state index is -1.48. The number of aliphatic hydroxyl groups excluding tert-OH is 2. The Bertz CT molecular complexity index is 2280. The number of hydrogen-bond acceptors (Lipinski definition) is 15.